The Kier molecular flexibility index (Phi) is 5.15. The summed E-state index contributed by atoms with van der Waals surface area (Å²) in [6.07, 6.45) is -4.29. The summed E-state index contributed by atoms with van der Waals surface area (Å²) in [5.74, 6) is 6.43. The average molecular weight is 291 g/mol. The zero-order chi connectivity index (χ0) is 15.5. The van der Waals surface area contributed by atoms with Crippen molar-refractivity contribution in [3.63, 3.8) is 0 Å². The molecule has 8 heteroatoms. The molecule has 0 saturated carbocycles. The van der Waals surface area contributed by atoms with Gasteiger partial charge in [-0.25, -0.2) is 15.8 Å². The normalized spacial score (nSPS) is 11.8. The van der Waals surface area contributed by atoms with Gasteiger partial charge in [0.25, 0.3) is 0 Å². The second-order valence-corrected chi connectivity index (χ2v) is 4.81. The van der Waals surface area contributed by atoms with Gasteiger partial charge in [0.05, 0.1) is 0 Å². The van der Waals surface area contributed by atoms with E-state index in [1.165, 1.54) is 4.90 Å². The molecule has 1 rings (SSSR count). The van der Waals surface area contributed by atoms with Gasteiger partial charge in [-0.1, -0.05) is 13.8 Å². The fourth-order valence-corrected chi connectivity index (χ4v) is 1.78. The molecule has 0 bridgehead atoms. The summed E-state index contributed by atoms with van der Waals surface area (Å²) in [4.78, 5) is 9.63. The van der Waals surface area contributed by atoms with Gasteiger partial charge < -0.3 is 10.3 Å². The van der Waals surface area contributed by atoms with Crippen LogP contribution in [0.5, 0.6) is 0 Å². The van der Waals surface area contributed by atoms with Crippen LogP contribution in [0.25, 0.3) is 0 Å². The van der Waals surface area contributed by atoms with Crippen LogP contribution < -0.4 is 16.2 Å². The Morgan fingerprint density at radius 1 is 1.30 bits per heavy atom. The zero-order valence-corrected chi connectivity index (χ0v) is 12.0. The van der Waals surface area contributed by atoms with Gasteiger partial charge in [-0.05, 0) is 13.8 Å². The summed E-state index contributed by atoms with van der Waals surface area (Å²) in [7, 11) is 0. The van der Waals surface area contributed by atoms with Crippen LogP contribution in [0, 0.1) is 6.92 Å². The van der Waals surface area contributed by atoms with E-state index in [4.69, 9.17) is 5.84 Å². The summed E-state index contributed by atoms with van der Waals surface area (Å²) in [6.45, 7) is 6.18. The van der Waals surface area contributed by atoms with E-state index in [0.717, 1.165) is 0 Å². The molecule has 0 aliphatic carbocycles. The van der Waals surface area contributed by atoms with Crippen molar-refractivity contribution in [2.24, 2.45) is 5.84 Å². The molecule has 0 spiro atoms. The Labute approximate surface area is 116 Å². The van der Waals surface area contributed by atoms with E-state index in [1.807, 2.05) is 13.8 Å². The summed E-state index contributed by atoms with van der Waals surface area (Å²) in [5.41, 5.74) is 2.92. The maximum absolute atomic E-state index is 12.6. The maximum atomic E-state index is 12.6. The molecule has 0 unspecified atom stereocenters. The van der Waals surface area contributed by atoms with Crippen LogP contribution in [0.4, 0.5) is 24.8 Å². The first-order valence-corrected chi connectivity index (χ1v) is 6.36. The topological polar surface area (TPSA) is 67.1 Å². The Bertz CT molecular complexity index is 459. The third-order valence-corrected chi connectivity index (χ3v) is 2.84. The van der Waals surface area contributed by atoms with E-state index in [9.17, 15) is 13.2 Å². The van der Waals surface area contributed by atoms with Crippen LogP contribution >= 0.6 is 0 Å². The van der Waals surface area contributed by atoms with E-state index < -0.39 is 12.7 Å². The van der Waals surface area contributed by atoms with Crippen LogP contribution in [0.15, 0.2) is 0 Å². The first-order chi connectivity index (χ1) is 9.19. The minimum atomic E-state index is -4.29. The second kappa shape index (κ2) is 6.25. The lowest BCUT2D eigenvalue weighted by Crippen LogP contribution is -2.35. The lowest BCUT2D eigenvalue weighted by molar-refractivity contribution is -0.119. The first kappa shape index (κ1) is 16.5. The van der Waals surface area contributed by atoms with Crippen molar-refractivity contribution >= 4 is 11.6 Å². The highest BCUT2D eigenvalue weighted by atomic mass is 19.4. The van der Waals surface area contributed by atoms with Crippen molar-refractivity contribution in [1.82, 2.24) is 9.97 Å². The Balaban J connectivity index is 3.29. The molecule has 3 N–H and O–H groups in total. The maximum Gasteiger partial charge on any atom is 0.405 e. The van der Waals surface area contributed by atoms with Crippen molar-refractivity contribution in [2.45, 2.75) is 39.8 Å². The number of aromatic nitrogens is 2. The highest BCUT2D eigenvalue weighted by Crippen LogP contribution is 2.28. The standard InChI is InChI=1S/C12H20F3N5/c1-5-20(6-12(13,14)15)11-8(4)10(19-16)17-9(18-11)7(2)3/h7H,5-6,16H2,1-4H3,(H,17,18,19). The molecule has 0 radical (unpaired) electrons. The number of hydrogen-bond donors (Lipinski definition) is 2. The van der Waals surface area contributed by atoms with Gasteiger partial charge in [0.2, 0.25) is 0 Å². The molecule has 0 atom stereocenters. The molecule has 20 heavy (non-hydrogen) atoms. The van der Waals surface area contributed by atoms with Crippen molar-refractivity contribution in [2.75, 3.05) is 23.4 Å². The smallest absolute Gasteiger partial charge is 0.347 e. The lowest BCUT2D eigenvalue weighted by Gasteiger charge is -2.26. The Morgan fingerprint density at radius 3 is 2.30 bits per heavy atom. The van der Waals surface area contributed by atoms with E-state index in [0.29, 0.717) is 17.2 Å². The number of hydrazine groups is 1. The number of nitrogens with one attached hydrogen (secondary N) is 1. The van der Waals surface area contributed by atoms with Crippen LogP contribution in [0.2, 0.25) is 0 Å². The molecule has 0 aliphatic rings. The predicted octanol–water partition coefficient (Wildman–Crippen LogP) is 2.58. The fourth-order valence-electron chi connectivity index (χ4n) is 1.78. The van der Waals surface area contributed by atoms with E-state index in [-0.39, 0.29) is 18.3 Å². The van der Waals surface area contributed by atoms with Crippen molar-refractivity contribution in [1.29, 1.82) is 0 Å². The molecular weight excluding hydrogens is 271 g/mol. The van der Waals surface area contributed by atoms with Gasteiger partial charge in [0.1, 0.15) is 24.0 Å². The van der Waals surface area contributed by atoms with Crippen LogP contribution in [-0.2, 0) is 0 Å². The van der Waals surface area contributed by atoms with Gasteiger partial charge in [-0.2, -0.15) is 13.2 Å². The highest BCUT2D eigenvalue weighted by Gasteiger charge is 2.32. The van der Waals surface area contributed by atoms with Crippen LogP contribution in [0.1, 0.15) is 38.1 Å². The molecule has 0 fully saturated rings. The number of nitrogens with zero attached hydrogens (tertiary/aromatic N) is 3. The Hall–Kier alpha value is -1.57. The second-order valence-electron chi connectivity index (χ2n) is 4.81. The van der Waals surface area contributed by atoms with E-state index in [1.54, 1.807) is 13.8 Å². The number of anilines is 2. The largest absolute Gasteiger partial charge is 0.405 e. The molecule has 1 aromatic heterocycles. The molecule has 0 saturated heterocycles. The van der Waals surface area contributed by atoms with Crippen molar-refractivity contribution in [3.05, 3.63) is 11.4 Å². The van der Waals surface area contributed by atoms with E-state index in [2.05, 4.69) is 15.4 Å². The van der Waals surface area contributed by atoms with Gasteiger partial charge >= 0.3 is 6.18 Å². The monoisotopic (exact) mass is 291 g/mol. The molecule has 1 aromatic rings. The predicted molar refractivity (Wildman–Crippen MR) is 72.6 cm³/mol. The number of rotatable bonds is 5. The fraction of sp³-hybridized carbons (Fsp3) is 0.667. The molecule has 5 nitrogen and oxygen atoms in total. The zero-order valence-electron chi connectivity index (χ0n) is 12.0. The van der Waals surface area contributed by atoms with Crippen LogP contribution in [-0.4, -0.2) is 29.2 Å². The first-order valence-electron chi connectivity index (χ1n) is 6.36. The third-order valence-electron chi connectivity index (χ3n) is 2.84. The summed E-state index contributed by atoms with van der Waals surface area (Å²) >= 11 is 0. The van der Waals surface area contributed by atoms with Crippen molar-refractivity contribution < 1.29 is 13.2 Å². The third kappa shape index (κ3) is 3.96. The molecule has 0 aromatic carbocycles. The number of nitrogens with two attached hydrogens (primary N) is 1. The van der Waals surface area contributed by atoms with Crippen molar-refractivity contribution in [3.8, 4) is 0 Å². The average Bonchev–Trinajstić information content (AvgIpc) is 2.35. The minimum absolute atomic E-state index is 0.00829. The number of halogens is 3. The van der Waals surface area contributed by atoms with Crippen LogP contribution in [0.3, 0.4) is 0 Å². The molecular formula is C12H20F3N5. The Morgan fingerprint density at radius 2 is 1.90 bits per heavy atom. The number of alkyl halides is 3. The molecule has 0 aliphatic heterocycles. The van der Waals surface area contributed by atoms with Gasteiger partial charge in [-0.3, -0.25) is 0 Å². The molecule has 0 amide bonds. The lowest BCUT2D eigenvalue weighted by atomic mass is 10.2. The molecule has 114 valence electrons. The van der Waals surface area contributed by atoms with Gasteiger partial charge in [-0.15, -0.1) is 0 Å². The summed E-state index contributed by atoms with van der Waals surface area (Å²) in [6, 6.07) is 0. The number of nitrogen functional groups attached to an aromatic ring is 1. The number of hydrogen-bond acceptors (Lipinski definition) is 5. The van der Waals surface area contributed by atoms with Gasteiger partial charge in [0, 0.05) is 18.0 Å². The highest BCUT2D eigenvalue weighted by molar-refractivity contribution is 5.58. The van der Waals surface area contributed by atoms with Gasteiger partial charge in [0.15, 0.2) is 0 Å². The van der Waals surface area contributed by atoms with E-state index >= 15 is 0 Å². The summed E-state index contributed by atoms with van der Waals surface area (Å²) < 4.78 is 37.9. The molecule has 1 heterocycles. The quantitative estimate of drug-likeness (QED) is 0.644. The minimum Gasteiger partial charge on any atom is -0.347 e. The SMILES string of the molecule is CCN(CC(F)(F)F)c1nc(C(C)C)nc(NN)c1C. The summed E-state index contributed by atoms with van der Waals surface area (Å²) in [5, 5.41) is 0.